The Morgan fingerprint density at radius 1 is 0.903 bits per heavy atom. The molecule has 5 aromatic rings. The van der Waals surface area contributed by atoms with Crippen molar-refractivity contribution < 1.29 is 4.74 Å². The van der Waals surface area contributed by atoms with Gasteiger partial charge in [0, 0.05) is 0 Å². The fourth-order valence-corrected chi connectivity index (χ4v) is 3.82. The van der Waals surface area contributed by atoms with Crippen LogP contribution in [0.25, 0.3) is 40.1 Å². The van der Waals surface area contributed by atoms with E-state index in [-0.39, 0.29) is 0 Å². The van der Waals surface area contributed by atoms with Crippen LogP contribution in [0.1, 0.15) is 16.7 Å². The SMILES string of the molecule is COc1ccc(C=Cc2cc(-c3ccccc3)n3c(nc4ccccc43)c2C#N)cc1. The molecule has 0 unspecified atom stereocenters. The molecule has 4 heteroatoms. The third-order valence-electron chi connectivity index (χ3n) is 5.36. The fourth-order valence-electron chi connectivity index (χ4n) is 3.82. The average Bonchev–Trinajstić information content (AvgIpc) is 3.22. The molecular weight excluding hydrogens is 382 g/mol. The summed E-state index contributed by atoms with van der Waals surface area (Å²) in [5, 5.41) is 10.0. The second-order valence-corrected chi connectivity index (χ2v) is 7.20. The number of ether oxygens (including phenoxy) is 1. The minimum atomic E-state index is 0.556. The Morgan fingerprint density at radius 3 is 2.39 bits per heavy atom. The summed E-state index contributed by atoms with van der Waals surface area (Å²) in [5.74, 6) is 0.812. The number of methoxy groups -OCH3 is 1. The van der Waals surface area contributed by atoms with Crippen molar-refractivity contribution in [3.05, 3.63) is 102 Å². The molecule has 0 aliphatic carbocycles. The first-order chi connectivity index (χ1) is 15.3. The molecule has 0 saturated carbocycles. The molecule has 0 atom stereocenters. The summed E-state index contributed by atoms with van der Waals surface area (Å²) in [6.45, 7) is 0. The van der Waals surface area contributed by atoms with Gasteiger partial charge < -0.3 is 4.74 Å². The summed E-state index contributed by atoms with van der Waals surface area (Å²) in [6.07, 6.45) is 3.98. The Morgan fingerprint density at radius 2 is 1.65 bits per heavy atom. The topological polar surface area (TPSA) is 50.3 Å². The van der Waals surface area contributed by atoms with Crippen LogP contribution in [0.2, 0.25) is 0 Å². The summed E-state index contributed by atoms with van der Waals surface area (Å²) in [5.41, 5.74) is 7.00. The Hall–Kier alpha value is -4.36. The van der Waals surface area contributed by atoms with E-state index in [2.05, 4.69) is 28.7 Å². The largest absolute Gasteiger partial charge is 0.497 e. The van der Waals surface area contributed by atoms with Crippen molar-refractivity contribution in [3.63, 3.8) is 0 Å². The number of fused-ring (bicyclic) bond motifs is 3. The zero-order valence-corrected chi connectivity index (χ0v) is 17.0. The maximum absolute atomic E-state index is 10.0. The molecule has 0 saturated heterocycles. The van der Waals surface area contributed by atoms with Crippen LogP contribution < -0.4 is 4.74 Å². The van der Waals surface area contributed by atoms with Crippen LogP contribution in [0.4, 0.5) is 0 Å². The maximum atomic E-state index is 10.0. The molecule has 2 heterocycles. The van der Waals surface area contributed by atoms with Gasteiger partial charge >= 0.3 is 0 Å². The second kappa shape index (κ2) is 7.81. The predicted octanol–water partition coefficient (Wildman–Crippen LogP) is 6.21. The van der Waals surface area contributed by atoms with Crippen LogP contribution >= 0.6 is 0 Å². The molecule has 0 N–H and O–H groups in total. The average molecular weight is 401 g/mol. The minimum Gasteiger partial charge on any atom is -0.497 e. The van der Waals surface area contributed by atoms with E-state index in [4.69, 9.17) is 9.72 Å². The Labute approximate surface area is 180 Å². The number of nitriles is 1. The molecule has 0 spiro atoms. The van der Waals surface area contributed by atoms with Crippen molar-refractivity contribution in [2.24, 2.45) is 0 Å². The highest BCUT2D eigenvalue weighted by Gasteiger charge is 2.16. The molecule has 3 aromatic carbocycles. The van der Waals surface area contributed by atoms with Crippen molar-refractivity contribution in [1.29, 1.82) is 5.26 Å². The summed E-state index contributed by atoms with van der Waals surface area (Å²) >= 11 is 0. The molecule has 0 fully saturated rings. The van der Waals surface area contributed by atoms with E-state index < -0.39 is 0 Å². The highest BCUT2D eigenvalue weighted by molar-refractivity contribution is 5.89. The number of nitrogens with zero attached hydrogens (tertiary/aromatic N) is 3. The van der Waals surface area contributed by atoms with E-state index in [1.807, 2.05) is 78.9 Å². The molecular formula is C27H19N3O. The van der Waals surface area contributed by atoms with E-state index in [9.17, 15) is 5.26 Å². The van der Waals surface area contributed by atoms with Gasteiger partial charge in [0.1, 0.15) is 17.4 Å². The zero-order chi connectivity index (χ0) is 21.2. The minimum absolute atomic E-state index is 0.556. The number of rotatable bonds is 4. The van der Waals surface area contributed by atoms with E-state index in [1.165, 1.54) is 0 Å². The first kappa shape index (κ1) is 18.7. The second-order valence-electron chi connectivity index (χ2n) is 7.20. The molecule has 2 aromatic heterocycles. The smallest absolute Gasteiger partial charge is 0.157 e. The highest BCUT2D eigenvalue weighted by atomic mass is 16.5. The van der Waals surface area contributed by atoms with Gasteiger partial charge in [0.15, 0.2) is 5.65 Å². The fraction of sp³-hybridized carbons (Fsp3) is 0.0370. The van der Waals surface area contributed by atoms with Crippen LogP contribution in [-0.2, 0) is 0 Å². The van der Waals surface area contributed by atoms with Crippen molar-refractivity contribution in [2.45, 2.75) is 0 Å². The number of hydrogen-bond donors (Lipinski definition) is 0. The third-order valence-corrected chi connectivity index (χ3v) is 5.36. The molecule has 148 valence electrons. The van der Waals surface area contributed by atoms with Crippen molar-refractivity contribution in [1.82, 2.24) is 9.38 Å². The molecule has 4 nitrogen and oxygen atoms in total. The van der Waals surface area contributed by atoms with Gasteiger partial charge in [-0.2, -0.15) is 5.26 Å². The third kappa shape index (κ3) is 3.33. The molecule has 5 rings (SSSR count). The Bertz CT molecular complexity index is 1460. The molecule has 0 aliphatic rings. The standard InChI is InChI=1S/C27H19N3O/c1-31-22-15-12-19(13-16-22)11-14-21-17-26(20-7-3-2-4-8-20)30-25-10-6-5-9-24(25)29-27(30)23(21)18-28/h2-17H,1H3. The van der Waals surface area contributed by atoms with Gasteiger partial charge in [0.2, 0.25) is 0 Å². The van der Waals surface area contributed by atoms with Gasteiger partial charge in [0.25, 0.3) is 0 Å². The normalized spacial score (nSPS) is 11.2. The summed E-state index contributed by atoms with van der Waals surface area (Å²) in [7, 11) is 1.65. The number of imidazole rings is 1. The molecule has 31 heavy (non-hydrogen) atoms. The van der Waals surface area contributed by atoms with Gasteiger partial charge in [-0.05, 0) is 47.0 Å². The first-order valence-electron chi connectivity index (χ1n) is 10.0. The zero-order valence-electron chi connectivity index (χ0n) is 17.0. The maximum Gasteiger partial charge on any atom is 0.157 e. The summed E-state index contributed by atoms with van der Waals surface area (Å²) < 4.78 is 7.31. The molecule has 0 radical (unpaired) electrons. The van der Waals surface area contributed by atoms with Crippen molar-refractivity contribution >= 4 is 28.8 Å². The lowest BCUT2D eigenvalue weighted by atomic mass is 10.0. The van der Waals surface area contributed by atoms with Crippen LogP contribution in [0, 0.1) is 11.3 Å². The highest BCUT2D eigenvalue weighted by Crippen LogP contribution is 2.31. The lowest BCUT2D eigenvalue weighted by molar-refractivity contribution is 0.415. The van der Waals surface area contributed by atoms with Crippen LogP contribution in [0.5, 0.6) is 5.75 Å². The number of hydrogen-bond acceptors (Lipinski definition) is 3. The number of benzene rings is 3. The van der Waals surface area contributed by atoms with Gasteiger partial charge in [-0.3, -0.25) is 4.40 Å². The Kier molecular flexibility index (Phi) is 4.70. The van der Waals surface area contributed by atoms with Crippen LogP contribution in [0.3, 0.4) is 0 Å². The molecule has 0 aliphatic heterocycles. The van der Waals surface area contributed by atoms with Crippen LogP contribution in [-0.4, -0.2) is 16.5 Å². The van der Waals surface area contributed by atoms with Crippen molar-refractivity contribution in [2.75, 3.05) is 7.11 Å². The van der Waals surface area contributed by atoms with Gasteiger partial charge in [-0.1, -0.05) is 66.7 Å². The van der Waals surface area contributed by atoms with Crippen molar-refractivity contribution in [3.8, 4) is 23.1 Å². The lowest BCUT2D eigenvalue weighted by Gasteiger charge is -2.11. The quantitative estimate of drug-likeness (QED) is 0.360. The van der Waals surface area contributed by atoms with Crippen LogP contribution in [0.15, 0.2) is 84.9 Å². The molecule has 0 amide bonds. The first-order valence-corrected chi connectivity index (χ1v) is 10.0. The summed E-state index contributed by atoms with van der Waals surface area (Å²) in [4.78, 5) is 4.80. The van der Waals surface area contributed by atoms with E-state index >= 15 is 0 Å². The lowest BCUT2D eigenvalue weighted by Crippen LogP contribution is -1.98. The van der Waals surface area contributed by atoms with E-state index in [1.54, 1.807) is 7.11 Å². The predicted molar refractivity (Wildman–Crippen MR) is 125 cm³/mol. The summed E-state index contributed by atoms with van der Waals surface area (Å²) in [6, 6.07) is 30.4. The number of aromatic nitrogens is 2. The van der Waals surface area contributed by atoms with E-state index in [0.29, 0.717) is 11.2 Å². The monoisotopic (exact) mass is 401 g/mol. The Balaban J connectivity index is 1.76. The molecule has 0 bridgehead atoms. The van der Waals surface area contributed by atoms with Gasteiger partial charge in [-0.25, -0.2) is 4.98 Å². The van der Waals surface area contributed by atoms with Gasteiger partial charge in [-0.15, -0.1) is 0 Å². The number of para-hydroxylation sites is 2. The van der Waals surface area contributed by atoms with E-state index in [0.717, 1.165) is 39.2 Å². The van der Waals surface area contributed by atoms with Gasteiger partial charge in [0.05, 0.1) is 23.8 Å². The number of pyridine rings is 1.